The average Bonchev–Trinajstić information content (AvgIpc) is 2.73. The van der Waals surface area contributed by atoms with Crippen molar-refractivity contribution in [3.8, 4) is 0 Å². The quantitative estimate of drug-likeness (QED) is 0.873. The molecular weight excluding hydrogens is 260 g/mol. The van der Waals surface area contributed by atoms with Crippen LogP contribution in [0.2, 0.25) is 0 Å². The zero-order chi connectivity index (χ0) is 15.1. The second kappa shape index (κ2) is 8.32. The summed E-state index contributed by atoms with van der Waals surface area (Å²) < 4.78 is 0. The second-order valence-electron chi connectivity index (χ2n) is 6.61. The van der Waals surface area contributed by atoms with E-state index in [1.807, 2.05) is 12.4 Å². The number of hydrogen-bond donors (Lipinski definition) is 1. The predicted octanol–water partition coefficient (Wildman–Crippen LogP) is 3.24. The van der Waals surface area contributed by atoms with Gasteiger partial charge in [0.25, 0.3) is 0 Å². The van der Waals surface area contributed by atoms with Gasteiger partial charge in [0.2, 0.25) is 5.95 Å². The van der Waals surface area contributed by atoms with Crippen molar-refractivity contribution < 1.29 is 0 Å². The van der Waals surface area contributed by atoms with Gasteiger partial charge in [0.1, 0.15) is 0 Å². The molecule has 1 unspecified atom stereocenters. The summed E-state index contributed by atoms with van der Waals surface area (Å²) in [4.78, 5) is 11.5. The minimum absolute atomic E-state index is 0.675. The summed E-state index contributed by atoms with van der Waals surface area (Å²) in [5.74, 6) is 2.46. The highest BCUT2D eigenvalue weighted by atomic mass is 15.2. The lowest BCUT2D eigenvalue weighted by Crippen LogP contribution is -2.26. The van der Waals surface area contributed by atoms with Crippen molar-refractivity contribution in [3.05, 3.63) is 18.0 Å². The largest absolute Gasteiger partial charge is 0.341 e. The molecule has 21 heavy (non-hydrogen) atoms. The van der Waals surface area contributed by atoms with Crippen molar-refractivity contribution in [2.24, 2.45) is 11.8 Å². The summed E-state index contributed by atoms with van der Waals surface area (Å²) in [5, 5.41) is 3.43. The fourth-order valence-corrected chi connectivity index (χ4v) is 2.88. The van der Waals surface area contributed by atoms with Gasteiger partial charge in [-0.3, -0.25) is 0 Å². The topological polar surface area (TPSA) is 41.1 Å². The third-order valence-corrected chi connectivity index (χ3v) is 4.28. The number of aromatic nitrogens is 2. The molecule has 0 spiro atoms. The van der Waals surface area contributed by atoms with E-state index in [9.17, 15) is 0 Å². The molecule has 1 N–H and O–H groups in total. The zero-order valence-electron chi connectivity index (χ0n) is 13.8. The molecule has 1 atom stereocenters. The van der Waals surface area contributed by atoms with Crippen LogP contribution in [0.15, 0.2) is 12.4 Å². The molecule has 0 saturated carbocycles. The molecular formula is C17H30N4. The Morgan fingerprint density at radius 3 is 2.67 bits per heavy atom. The molecule has 0 aliphatic carbocycles. The number of rotatable bonds is 6. The molecule has 1 aromatic heterocycles. The van der Waals surface area contributed by atoms with Gasteiger partial charge in [0.15, 0.2) is 0 Å². The molecule has 2 rings (SSSR count). The highest BCUT2D eigenvalue weighted by Crippen LogP contribution is 2.22. The van der Waals surface area contributed by atoms with Gasteiger partial charge in [0.05, 0.1) is 0 Å². The number of hydrogen-bond acceptors (Lipinski definition) is 4. The maximum absolute atomic E-state index is 4.57. The Morgan fingerprint density at radius 1 is 1.24 bits per heavy atom. The minimum Gasteiger partial charge on any atom is -0.341 e. The van der Waals surface area contributed by atoms with E-state index in [0.717, 1.165) is 38.0 Å². The van der Waals surface area contributed by atoms with Crippen molar-refractivity contribution in [1.82, 2.24) is 15.3 Å². The van der Waals surface area contributed by atoms with E-state index in [-0.39, 0.29) is 0 Å². The summed E-state index contributed by atoms with van der Waals surface area (Å²) >= 11 is 0. The fourth-order valence-electron chi connectivity index (χ4n) is 2.88. The molecule has 0 bridgehead atoms. The summed E-state index contributed by atoms with van der Waals surface area (Å²) in [6, 6.07) is 0. The first-order valence-corrected chi connectivity index (χ1v) is 8.45. The Morgan fingerprint density at radius 2 is 2.00 bits per heavy atom. The van der Waals surface area contributed by atoms with Crippen LogP contribution in [0.3, 0.4) is 0 Å². The van der Waals surface area contributed by atoms with Gasteiger partial charge in [-0.2, -0.15) is 0 Å². The van der Waals surface area contributed by atoms with E-state index in [1.165, 1.54) is 31.2 Å². The first-order valence-electron chi connectivity index (χ1n) is 8.45. The summed E-state index contributed by atoms with van der Waals surface area (Å²) in [6.07, 6.45) is 9.13. The monoisotopic (exact) mass is 290 g/mol. The Balaban J connectivity index is 1.86. The van der Waals surface area contributed by atoms with Crippen molar-refractivity contribution in [2.75, 3.05) is 24.5 Å². The summed E-state index contributed by atoms with van der Waals surface area (Å²) in [5.41, 5.74) is 1.17. The lowest BCUT2D eigenvalue weighted by Gasteiger charge is -2.20. The fraction of sp³-hybridized carbons (Fsp3) is 0.765. The van der Waals surface area contributed by atoms with Gasteiger partial charge in [-0.05, 0) is 37.6 Å². The van der Waals surface area contributed by atoms with E-state index >= 15 is 0 Å². The van der Waals surface area contributed by atoms with Gasteiger partial charge in [-0.1, -0.05) is 27.2 Å². The Kier molecular flexibility index (Phi) is 6.43. The Hall–Kier alpha value is -1.16. The van der Waals surface area contributed by atoms with E-state index < -0.39 is 0 Å². The lowest BCUT2D eigenvalue weighted by molar-refractivity contribution is 0.459. The maximum atomic E-state index is 4.57. The standard InChI is InChI=1S/C17H30N4/c1-4-15-6-5-8-21(9-7-15)17-19-12-16(13-20-17)11-18-10-14(2)3/h12-15,18H,4-11H2,1-3H3. The van der Waals surface area contributed by atoms with Crippen LogP contribution in [0, 0.1) is 11.8 Å². The maximum Gasteiger partial charge on any atom is 0.225 e. The normalized spacial score (nSPS) is 19.8. The Bertz CT molecular complexity index is 402. The van der Waals surface area contributed by atoms with E-state index in [2.05, 4.69) is 41.0 Å². The van der Waals surface area contributed by atoms with Gasteiger partial charge in [-0.25, -0.2) is 9.97 Å². The molecule has 4 heteroatoms. The molecule has 118 valence electrons. The molecule has 0 aromatic carbocycles. The summed E-state index contributed by atoms with van der Waals surface area (Å²) in [7, 11) is 0. The van der Waals surface area contributed by atoms with Gasteiger partial charge >= 0.3 is 0 Å². The molecule has 0 amide bonds. The highest BCUT2D eigenvalue weighted by molar-refractivity contribution is 5.30. The third-order valence-electron chi connectivity index (χ3n) is 4.28. The van der Waals surface area contributed by atoms with Crippen molar-refractivity contribution in [1.29, 1.82) is 0 Å². The Labute approximate surface area is 129 Å². The zero-order valence-corrected chi connectivity index (χ0v) is 13.8. The van der Waals surface area contributed by atoms with Crippen molar-refractivity contribution in [2.45, 2.75) is 53.0 Å². The van der Waals surface area contributed by atoms with E-state index in [0.29, 0.717) is 5.92 Å². The molecule has 4 nitrogen and oxygen atoms in total. The van der Waals surface area contributed by atoms with Crippen LogP contribution in [0.4, 0.5) is 5.95 Å². The van der Waals surface area contributed by atoms with Gasteiger partial charge in [0, 0.05) is 37.6 Å². The minimum atomic E-state index is 0.675. The second-order valence-corrected chi connectivity index (χ2v) is 6.61. The van der Waals surface area contributed by atoms with Crippen LogP contribution in [0.1, 0.15) is 52.0 Å². The van der Waals surface area contributed by atoms with Crippen molar-refractivity contribution >= 4 is 5.95 Å². The first kappa shape index (κ1) is 16.2. The number of nitrogens with zero attached hydrogens (tertiary/aromatic N) is 3. The van der Waals surface area contributed by atoms with Crippen LogP contribution in [0.25, 0.3) is 0 Å². The first-order chi connectivity index (χ1) is 10.2. The predicted molar refractivity (Wildman–Crippen MR) is 88.4 cm³/mol. The molecule has 1 aromatic rings. The van der Waals surface area contributed by atoms with Crippen LogP contribution in [0.5, 0.6) is 0 Å². The molecule has 0 radical (unpaired) electrons. The molecule has 1 saturated heterocycles. The number of anilines is 1. The van der Waals surface area contributed by atoms with Crippen molar-refractivity contribution in [3.63, 3.8) is 0 Å². The smallest absolute Gasteiger partial charge is 0.225 e. The SMILES string of the molecule is CCC1CCCN(c2ncc(CNCC(C)C)cn2)CC1. The van der Waals surface area contributed by atoms with Gasteiger partial charge < -0.3 is 10.2 Å². The van der Waals surface area contributed by atoms with Crippen LogP contribution < -0.4 is 10.2 Å². The van der Waals surface area contributed by atoms with Crippen LogP contribution in [-0.2, 0) is 6.54 Å². The van der Waals surface area contributed by atoms with E-state index in [4.69, 9.17) is 0 Å². The summed E-state index contributed by atoms with van der Waals surface area (Å²) in [6.45, 7) is 10.8. The van der Waals surface area contributed by atoms with Crippen LogP contribution >= 0.6 is 0 Å². The van der Waals surface area contributed by atoms with Crippen LogP contribution in [-0.4, -0.2) is 29.6 Å². The molecule has 1 fully saturated rings. The molecule has 2 heterocycles. The lowest BCUT2D eigenvalue weighted by atomic mass is 9.98. The average molecular weight is 290 g/mol. The number of nitrogens with one attached hydrogen (secondary N) is 1. The molecule has 1 aliphatic heterocycles. The highest BCUT2D eigenvalue weighted by Gasteiger charge is 2.17. The van der Waals surface area contributed by atoms with E-state index in [1.54, 1.807) is 0 Å². The van der Waals surface area contributed by atoms with Gasteiger partial charge in [-0.15, -0.1) is 0 Å². The third kappa shape index (κ3) is 5.27. The molecule has 1 aliphatic rings.